The van der Waals surface area contributed by atoms with Crippen molar-refractivity contribution in [2.75, 3.05) is 26.2 Å². The van der Waals surface area contributed by atoms with E-state index in [4.69, 9.17) is 9.84 Å². The van der Waals surface area contributed by atoms with Gasteiger partial charge in [0.05, 0.1) is 5.57 Å². The van der Waals surface area contributed by atoms with E-state index in [0.717, 1.165) is 49.0 Å². The molecule has 0 spiro atoms. The Morgan fingerprint density at radius 1 is 1.19 bits per heavy atom. The van der Waals surface area contributed by atoms with Crippen molar-refractivity contribution in [1.29, 1.82) is 0 Å². The SMILES string of the molecule is CCN1CCC(NC(=O)C(=CCCCCC(=O)O)COc2cccc3ccccc23)C1. The van der Waals surface area contributed by atoms with Crippen LogP contribution in [0.4, 0.5) is 0 Å². The molecule has 2 N–H and O–H groups in total. The van der Waals surface area contributed by atoms with Gasteiger partial charge in [0.25, 0.3) is 5.91 Å². The maximum atomic E-state index is 13.0. The molecule has 1 aliphatic rings. The van der Waals surface area contributed by atoms with Gasteiger partial charge >= 0.3 is 5.97 Å². The van der Waals surface area contributed by atoms with Gasteiger partial charge in [-0.1, -0.05) is 49.4 Å². The molecule has 6 heteroatoms. The molecule has 3 rings (SSSR count). The zero-order chi connectivity index (χ0) is 22.1. The molecule has 2 aromatic rings. The standard InChI is InChI=1S/C25H32N2O4/c1-2-27-16-15-21(17-27)26-25(30)20(10-4-3-5-14-24(28)29)18-31-23-13-8-11-19-9-6-7-12-22(19)23/h6-13,21H,2-5,14-18H2,1H3,(H,26,30)(H,28,29). The molecule has 2 aromatic carbocycles. The van der Waals surface area contributed by atoms with Crippen LogP contribution in [0.3, 0.4) is 0 Å². The van der Waals surface area contributed by atoms with Crippen molar-refractivity contribution in [1.82, 2.24) is 10.2 Å². The van der Waals surface area contributed by atoms with Crippen LogP contribution in [0, 0.1) is 0 Å². The lowest BCUT2D eigenvalue weighted by Crippen LogP contribution is -2.38. The number of carboxylic acids is 1. The van der Waals surface area contributed by atoms with Gasteiger partial charge in [0.15, 0.2) is 0 Å². The number of fused-ring (bicyclic) bond motifs is 1. The monoisotopic (exact) mass is 424 g/mol. The number of unbranched alkanes of at least 4 members (excludes halogenated alkanes) is 2. The largest absolute Gasteiger partial charge is 0.488 e. The first kappa shape index (κ1) is 22.8. The highest BCUT2D eigenvalue weighted by Gasteiger charge is 2.24. The number of carbonyl (C=O) groups excluding carboxylic acids is 1. The summed E-state index contributed by atoms with van der Waals surface area (Å²) in [6.45, 7) is 5.18. The van der Waals surface area contributed by atoms with Gasteiger partial charge in [0.1, 0.15) is 12.4 Å². The predicted molar refractivity (Wildman–Crippen MR) is 122 cm³/mol. The molecule has 0 saturated carbocycles. The number of carboxylic acid groups (broad SMARTS) is 1. The number of carbonyl (C=O) groups is 2. The molecular formula is C25H32N2O4. The molecule has 1 amide bonds. The number of allylic oxidation sites excluding steroid dienone is 1. The maximum Gasteiger partial charge on any atom is 0.303 e. The fourth-order valence-corrected chi connectivity index (χ4v) is 3.91. The van der Waals surface area contributed by atoms with Gasteiger partial charge < -0.3 is 20.1 Å². The third-order valence-electron chi connectivity index (χ3n) is 5.71. The Labute approximate surface area is 183 Å². The fraction of sp³-hybridized carbons (Fsp3) is 0.440. The van der Waals surface area contributed by atoms with Crippen molar-refractivity contribution in [3.8, 4) is 5.75 Å². The minimum Gasteiger partial charge on any atom is -0.488 e. The quantitative estimate of drug-likeness (QED) is 0.421. The van der Waals surface area contributed by atoms with Crippen LogP contribution in [0.25, 0.3) is 10.8 Å². The summed E-state index contributed by atoms with van der Waals surface area (Å²) in [5.41, 5.74) is 0.596. The molecule has 1 fully saturated rings. The lowest BCUT2D eigenvalue weighted by atomic mass is 10.1. The second-order valence-corrected chi connectivity index (χ2v) is 7.99. The first-order valence-electron chi connectivity index (χ1n) is 11.1. The molecule has 0 aromatic heterocycles. The molecule has 1 saturated heterocycles. The van der Waals surface area contributed by atoms with E-state index < -0.39 is 5.97 Å². The van der Waals surface area contributed by atoms with Crippen molar-refractivity contribution >= 4 is 22.6 Å². The Bertz CT molecular complexity index is 919. The smallest absolute Gasteiger partial charge is 0.303 e. The van der Waals surface area contributed by atoms with Gasteiger partial charge in [-0.05, 0) is 43.7 Å². The molecule has 0 bridgehead atoms. The van der Waals surface area contributed by atoms with Gasteiger partial charge in [-0.15, -0.1) is 0 Å². The first-order valence-corrected chi connectivity index (χ1v) is 11.1. The summed E-state index contributed by atoms with van der Waals surface area (Å²) in [5, 5.41) is 14.1. The summed E-state index contributed by atoms with van der Waals surface area (Å²) in [6.07, 6.45) is 4.98. The highest BCUT2D eigenvalue weighted by molar-refractivity contribution is 5.94. The first-order chi connectivity index (χ1) is 15.1. The third-order valence-corrected chi connectivity index (χ3v) is 5.71. The van der Waals surface area contributed by atoms with Gasteiger partial charge in [-0.25, -0.2) is 0 Å². The number of nitrogens with one attached hydrogen (secondary N) is 1. The van der Waals surface area contributed by atoms with E-state index in [1.54, 1.807) is 0 Å². The van der Waals surface area contributed by atoms with Crippen molar-refractivity contribution in [2.24, 2.45) is 0 Å². The Morgan fingerprint density at radius 2 is 2.00 bits per heavy atom. The maximum absolute atomic E-state index is 13.0. The lowest BCUT2D eigenvalue weighted by molar-refractivity contribution is -0.137. The molecule has 6 nitrogen and oxygen atoms in total. The fourth-order valence-electron chi connectivity index (χ4n) is 3.91. The number of nitrogens with zero attached hydrogens (tertiary/aromatic N) is 1. The van der Waals surface area contributed by atoms with E-state index in [1.807, 2.05) is 48.5 Å². The van der Waals surface area contributed by atoms with Gasteiger partial charge in [-0.3, -0.25) is 9.59 Å². The number of benzene rings is 2. The molecule has 1 aliphatic heterocycles. The van der Waals surface area contributed by atoms with Crippen LogP contribution in [0.15, 0.2) is 54.1 Å². The molecule has 31 heavy (non-hydrogen) atoms. The number of hydrogen-bond acceptors (Lipinski definition) is 4. The molecule has 1 unspecified atom stereocenters. The zero-order valence-electron chi connectivity index (χ0n) is 18.2. The van der Waals surface area contributed by atoms with Crippen molar-refractivity contribution in [3.63, 3.8) is 0 Å². The number of likely N-dealkylation sites (N-methyl/N-ethyl adjacent to an activating group) is 1. The van der Waals surface area contributed by atoms with Crippen molar-refractivity contribution in [2.45, 2.75) is 45.1 Å². The van der Waals surface area contributed by atoms with Crippen LogP contribution in [0.1, 0.15) is 39.0 Å². The van der Waals surface area contributed by atoms with Gasteiger partial charge in [0.2, 0.25) is 0 Å². The van der Waals surface area contributed by atoms with E-state index in [9.17, 15) is 9.59 Å². The normalized spacial score (nSPS) is 17.1. The van der Waals surface area contributed by atoms with Crippen LogP contribution in [0.5, 0.6) is 5.75 Å². The summed E-state index contributed by atoms with van der Waals surface area (Å²) in [7, 11) is 0. The molecule has 1 heterocycles. The molecular weight excluding hydrogens is 392 g/mol. The van der Waals surface area contributed by atoms with Crippen LogP contribution in [-0.2, 0) is 9.59 Å². The minimum atomic E-state index is -0.789. The highest BCUT2D eigenvalue weighted by atomic mass is 16.5. The van der Waals surface area contributed by atoms with Crippen LogP contribution >= 0.6 is 0 Å². The van der Waals surface area contributed by atoms with E-state index >= 15 is 0 Å². The van der Waals surface area contributed by atoms with E-state index in [1.165, 1.54) is 0 Å². The molecule has 0 aliphatic carbocycles. The highest BCUT2D eigenvalue weighted by Crippen LogP contribution is 2.25. The van der Waals surface area contributed by atoms with E-state index in [0.29, 0.717) is 18.4 Å². The van der Waals surface area contributed by atoms with Crippen molar-refractivity contribution in [3.05, 3.63) is 54.1 Å². The van der Waals surface area contributed by atoms with Crippen molar-refractivity contribution < 1.29 is 19.4 Å². The Morgan fingerprint density at radius 3 is 2.77 bits per heavy atom. The molecule has 0 radical (unpaired) electrons. The Balaban J connectivity index is 1.65. The second kappa shape index (κ2) is 11.5. The predicted octanol–water partition coefficient (Wildman–Crippen LogP) is 4.00. The minimum absolute atomic E-state index is 0.0959. The summed E-state index contributed by atoms with van der Waals surface area (Å²) < 4.78 is 6.07. The summed E-state index contributed by atoms with van der Waals surface area (Å²) >= 11 is 0. The summed E-state index contributed by atoms with van der Waals surface area (Å²) in [6, 6.07) is 14.1. The topological polar surface area (TPSA) is 78.9 Å². The molecule has 1 atom stereocenters. The average Bonchev–Trinajstić information content (AvgIpc) is 3.22. The van der Waals surface area contributed by atoms with E-state index in [-0.39, 0.29) is 25.0 Å². The van der Waals surface area contributed by atoms with E-state index in [2.05, 4.69) is 17.1 Å². The number of rotatable bonds is 11. The third kappa shape index (κ3) is 6.82. The second-order valence-electron chi connectivity index (χ2n) is 7.99. The summed E-state index contributed by atoms with van der Waals surface area (Å²) in [5.74, 6) is -0.134. The van der Waals surface area contributed by atoms with Gasteiger partial charge in [0, 0.05) is 30.9 Å². The Hall–Kier alpha value is -2.86. The summed E-state index contributed by atoms with van der Waals surface area (Å²) in [4.78, 5) is 26.0. The number of amides is 1. The van der Waals surface area contributed by atoms with Crippen LogP contribution in [0.2, 0.25) is 0 Å². The lowest BCUT2D eigenvalue weighted by Gasteiger charge is -2.17. The molecule has 166 valence electrons. The number of ether oxygens (including phenoxy) is 1. The average molecular weight is 425 g/mol. The number of hydrogen-bond donors (Lipinski definition) is 2. The number of aliphatic carboxylic acids is 1. The van der Waals surface area contributed by atoms with Crippen LogP contribution in [-0.4, -0.2) is 54.2 Å². The Kier molecular flexibility index (Phi) is 8.47. The zero-order valence-corrected chi connectivity index (χ0v) is 18.2. The number of likely N-dealkylation sites (tertiary alicyclic amines) is 1. The van der Waals surface area contributed by atoms with Gasteiger partial charge in [-0.2, -0.15) is 0 Å². The van der Waals surface area contributed by atoms with Crippen LogP contribution < -0.4 is 10.1 Å².